The summed E-state index contributed by atoms with van der Waals surface area (Å²) in [6.07, 6.45) is 0.453. The number of Topliss-reactive ketones (excluding diaryl/α,β-unsaturated/α-hetero) is 1. The van der Waals surface area contributed by atoms with E-state index in [0.29, 0.717) is 12.0 Å². The minimum Gasteiger partial charge on any atom is -0.326 e. The highest BCUT2D eigenvalue weighted by molar-refractivity contribution is 5.95. The highest BCUT2D eigenvalue weighted by atomic mass is 16.1. The van der Waals surface area contributed by atoms with Crippen LogP contribution in [0.5, 0.6) is 0 Å². The molecule has 0 radical (unpaired) electrons. The van der Waals surface area contributed by atoms with Gasteiger partial charge in [0.05, 0.1) is 0 Å². The molecule has 1 aromatic rings. The Morgan fingerprint density at radius 3 is 2.21 bits per heavy atom. The molecule has 1 rings (SSSR count). The monoisotopic (exact) mass is 191 g/mol. The summed E-state index contributed by atoms with van der Waals surface area (Å²) in [5, 5.41) is 2.71. The predicted octanol–water partition coefficient (Wildman–Crippen LogP) is 2.24. The van der Waals surface area contributed by atoms with Crippen LogP contribution in [0.2, 0.25) is 0 Å². The number of benzene rings is 1. The summed E-state index contributed by atoms with van der Waals surface area (Å²) in [5.41, 5.74) is 1.38. The molecule has 0 aliphatic carbocycles. The van der Waals surface area contributed by atoms with E-state index in [0.717, 1.165) is 5.69 Å². The van der Waals surface area contributed by atoms with Gasteiger partial charge in [-0.1, -0.05) is 6.92 Å². The van der Waals surface area contributed by atoms with E-state index < -0.39 is 0 Å². The zero-order valence-electron chi connectivity index (χ0n) is 8.33. The molecule has 0 atom stereocenters. The van der Waals surface area contributed by atoms with Crippen LogP contribution in [-0.4, -0.2) is 11.7 Å². The Kier molecular flexibility index (Phi) is 3.40. The molecule has 14 heavy (non-hydrogen) atoms. The number of carbonyl (C=O) groups is 2. The van der Waals surface area contributed by atoms with E-state index in [4.69, 9.17) is 0 Å². The van der Waals surface area contributed by atoms with Crippen LogP contribution in [-0.2, 0) is 4.79 Å². The van der Waals surface area contributed by atoms with Crippen molar-refractivity contribution < 1.29 is 9.59 Å². The molecule has 3 heteroatoms. The molecule has 3 nitrogen and oxygen atoms in total. The van der Waals surface area contributed by atoms with Crippen LogP contribution in [0.3, 0.4) is 0 Å². The number of hydrogen-bond donors (Lipinski definition) is 1. The maximum absolute atomic E-state index is 11.0. The molecule has 1 N–H and O–H groups in total. The second kappa shape index (κ2) is 4.56. The Morgan fingerprint density at radius 2 is 1.79 bits per heavy atom. The molecule has 0 saturated carbocycles. The van der Waals surface area contributed by atoms with E-state index in [1.165, 1.54) is 6.92 Å². The lowest BCUT2D eigenvalue weighted by molar-refractivity contribution is -0.115. The number of nitrogens with one attached hydrogen (secondary N) is 1. The molecular formula is C11H13NO2. The van der Waals surface area contributed by atoms with Gasteiger partial charge in [0, 0.05) is 17.7 Å². The van der Waals surface area contributed by atoms with Crippen LogP contribution in [0.4, 0.5) is 5.69 Å². The topological polar surface area (TPSA) is 46.2 Å². The van der Waals surface area contributed by atoms with E-state index in [1.807, 2.05) is 0 Å². The molecule has 0 aliphatic heterocycles. The quantitative estimate of drug-likeness (QED) is 0.745. The van der Waals surface area contributed by atoms with Crippen molar-refractivity contribution in [2.75, 3.05) is 5.32 Å². The van der Waals surface area contributed by atoms with Crippen LogP contribution in [0.25, 0.3) is 0 Å². The van der Waals surface area contributed by atoms with Crippen molar-refractivity contribution in [3.8, 4) is 0 Å². The van der Waals surface area contributed by atoms with Crippen LogP contribution in [0, 0.1) is 0 Å². The first-order valence-electron chi connectivity index (χ1n) is 4.54. The first-order chi connectivity index (χ1) is 6.63. The third-order valence-electron chi connectivity index (χ3n) is 1.90. The molecule has 0 spiro atoms. The minimum absolute atomic E-state index is 0.0263. The van der Waals surface area contributed by atoms with Crippen LogP contribution in [0.15, 0.2) is 24.3 Å². The van der Waals surface area contributed by atoms with Crippen molar-refractivity contribution in [1.82, 2.24) is 0 Å². The Labute approximate surface area is 83.1 Å². The molecule has 0 bridgehead atoms. The van der Waals surface area contributed by atoms with E-state index >= 15 is 0 Å². The standard InChI is InChI=1S/C11H13NO2/c1-3-11(14)12-10-6-4-9(5-7-10)8(2)13/h4-7H,3H2,1-2H3,(H,12,14). The fourth-order valence-electron chi connectivity index (χ4n) is 1.04. The summed E-state index contributed by atoms with van der Waals surface area (Å²) in [6, 6.07) is 6.86. The van der Waals surface area contributed by atoms with Gasteiger partial charge in [-0.15, -0.1) is 0 Å². The summed E-state index contributed by atoms with van der Waals surface area (Å²) in [4.78, 5) is 22.0. The Balaban J connectivity index is 2.73. The van der Waals surface area contributed by atoms with Gasteiger partial charge in [0.2, 0.25) is 5.91 Å². The van der Waals surface area contributed by atoms with E-state index in [-0.39, 0.29) is 11.7 Å². The molecule has 0 heterocycles. The average molecular weight is 191 g/mol. The lowest BCUT2D eigenvalue weighted by Crippen LogP contribution is -2.09. The van der Waals surface area contributed by atoms with Crippen molar-refractivity contribution in [3.05, 3.63) is 29.8 Å². The first-order valence-corrected chi connectivity index (χ1v) is 4.54. The largest absolute Gasteiger partial charge is 0.326 e. The maximum atomic E-state index is 11.0. The van der Waals surface area contributed by atoms with Gasteiger partial charge in [-0.25, -0.2) is 0 Å². The first kappa shape index (κ1) is 10.4. The van der Waals surface area contributed by atoms with Gasteiger partial charge in [0.1, 0.15) is 0 Å². The van der Waals surface area contributed by atoms with Crippen LogP contribution < -0.4 is 5.32 Å². The van der Waals surface area contributed by atoms with Gasteiger partial charge in [0.25, 0.3) is 0 Å². The third kappa shape index (κ3) is 2.69. The van der Waals surface area contributed by atoms with Crippen molar-refractivity contribution in [1.29, 1.82) is 0 Å². The van der Waals surface area contributed by atoms with Gasteiger partial charge < -0.3 is 5.32 Å². The summed E-state index contributed by atoms with van der Waals surface area (Å²) in [5.74, 6) is -0.000979. The second-order valence-corrected chi connectivity index (χ2v) is 3.04. The van der Waals surface area contributed by atoms with E-state index in [1.54, 1.807) is 31.2 Å². The minimum atomic E-state index is -0.0272. The third-order valence-corrected chi connectivity index (χ3v) is 1.90. The average Bonchev–Trinajstić information content (AvgIpc) is 2.18. The molecule has 0 aromatic heterocycles. The predicted molar refractivity (Wildman–Crippen MR) is 55.4 cm³/mol. The lowest BCUT2D eigenvalue weighted by atomic mass is 10.1. The van der Waals surface area contributed by atoms with Gasteiger partial charge in [-0.3, -0.25) is 9.59 Å². The summed E-state index contributed by atoms with van der Waals surface area (Å²) in [6.45, 7) is 3.30. The zero-order chi connectivity index (χ0) is 10.6. The molecule has 0 fully saturated rings. The van der Waals surface area contributed by atoms with Crippen molar-refractivity contribution in [2.24, 2.45) is 0 Å². The zero-order valence-corrected chi connectivity index (χ0v) is 8.33. The van der Waals surface area contributed by atoms with Crippen LogP contribution >= 0.6 is 0 Å². The molecule has 0 unspecified atom stereocenters. The Hall–Kier alpha value is -1.64. The van der Waals surface area contributed by atoms with E-state index in [9.17, 15) is 9.59 Å². The molecule has 0 saturated heterocycles. The molecule has 1 amide bonds. The Bertz CT molecular complexity index is 341. The highest BCUT2D eigenvalue weighted by Crippen LogP contribution is 2.10. The smallest absolute Gasteiger partial charge is 0.224 e. The molecule has 1 aromatic carbocycles. The lowest BCUT2D eigenvalue weighted by Gasteiger charge is -2.03. The molecular weight excluding hydrogens is 178 g/mol. The number of rotatable bonds is 3. The number of carbonyl (C=O) groups excluding carboxylic acids is 2. The normalized spacial score (nSPS) is 9.57. The second-order valence-electron chi connectivity index (χ2n) is 3.04. The molecule has 74 valence electrons. The van der Waals surface area contributed by atoms with Crippen LogP contribution in [0.1, 0.15) is 30.6 Å². The van der Waals surface area contributed by atoms with Crippen molar-refractivity contribution in [2.45, 2.75) is 20.3 Å². The number of amides is 1. The summed E-state index contributed by atoms with van der Waals surface area (Å²) in [7, 11) is 0. The van der Waals surface area contributed by atoms with Gasteiger partial charge in [-0.05, 0) is 31.2 Å². The maximum Gasteiger partial charge on any atom is 0.224 e. The van der Waals surface area contributed by atoms with Crippen molar-refractivity contribution in [3.63, 3.8) is 0 Å². The van der Waals surface area contributed by atoms with Gasteiger partial charge >= 0.3 is 0 Å². The number of ketones is 1. The van der Waals surface area contributed by atoms with Gasteiger partial charge in [0.15, 0.2) is 5.78 Å². The SMILES string of the molecule is CCC(=O)Nc1ccc(C(C)=O)cc1. The summed E-state index contributed by atoms with van der Waals surface area (Å²) >= 11 is 0. The fraction of sp³-hybridized carbons (Fsp3) is 0.273. The Morgan fingerprint density at radius 1 is 1.21 bits per heavy atom. The van der Waals surface area contributed by atoms with Gasteiger partial charge in [-0.2, -0.15) is 0 Å². The number of anilines is 1. The molecule has 0 aliphatic rings. The van der Waals surface area contributed by atoms with Crippen molar-refractivity contribution >= 4 is 17.4 Å². The summed E-state index contributed by atoms with van der Waals surface area (Å²) < 4.78 is 0. The highest BCUT2D eigenvalue weighted by Gasteiger charge is 2.00. The fourth-order valence-corrected chi connectivity index (χ4v) is 1.04. The van der Waals surface area contributed by atoms with E-state index in [2.05, 4.69) is 5.32 Å². The number of hydrogen-bond acceptors (Lipinski definition) is 2.